The predicted octanol–water partition coefficient (Wildman–Crippen LogP) is 5.32. The highest BCUT2D eigenvalue weighted by atomic mass is 32.2. The van der Waals surface area contributed by atoms with Crippen LogP contribution in [0.5, 0.6) is 5.75 Å². The summed E-state index contributed by atoms with van der Waals surface area (Å²) < 4.78 is 11.2. The molecule has 1 heterocycles. The SMILES string of the molecule is COc1ccc(C(C)=O)cc1CSc1nnc(Cc2cccc3ccccc23)o1. The smallest absolute Gasteiger partial charge is 0.276 e. The van der Waals surface area contributed by atoms with Gasteiger partial charge in [-0.1, -0.05) is 54.2 Å². The third kappa shape index (κ3) is 4.32. The van der Waals surface area contributed by atoms with Crippen LogP contribution in [-0.2, 0) is 12.2 Å². The van der Waals surface area contributed by atoms with Gasteiger partial charge in [0.2, 0.25) is 5.89 Å². The molecule has 0 radical (unpaired) electrons. The number of thioether (sulfide) groups is 1. The lowest BCUT2D eigenvalue weighted by atomic mass is 10.0. The van der Waals surface area contributed by atoms with Crippen molar-refractivity contribution in [2.45, 2.75) is 24.3 Å². The first kappa shape index (κ1) is 19.2. The van der Waals surface area contributed by atoms with Gasteiger partial charge in [0.15, 0.2) is 5.78 Å². The fraction of sp³-hybridized carbons (Fsp3) is 0.174. The maximum absolute atomic E-state index is 11.7. The fourth-order valence-electron chi connectivity index (χ4n) is 3.23. The number of benzene rings is 3. The predicted molar refractivity (Wildman–Crippen MR) is 114 cm³/mol. The Morgan fingerprint density at radius 1 is 1.03 bits per heavy atom. The van der Waals surface area contributed by atoms with Crippen molar-refractivity contribution in [3.8, 4) is 5.75 Å². The van der Waals surface area contributed by atoms with Gasteiger partial charge >= 0.3 is 0 Å². The largest absolute Gasteiger partial charge is 0.496 e. The lowest BCUT2D eigenvalue weighted by Gasteiger charge is -2.08. The Bertz CT molecular complexity index is 1160. The highest BCUT2D eigenvalue weighted by Crippen LogP contribution is 2.29. The van der Waals surface area contributed by atoms with E-state index in [0.29, 0.717) is 28.9 Å². The molecule has 0 amide bonds. The van der Waals surface area contributed by atoms with E-state index in [4.69, 9.17) is 9.15 Å². The molecule has 0 saturated heterocycles. The lowest BCUT2D eigenvalue weighted by Crippen LogP contribution is -1.96. The molecular weight excluding hydrogens is 384 g/mol. The van der Waals surface area contributed by atoms with Crippen molar-refractivity contribution in [2.75, 3.05) is 7.11 Å². The number of carbonyl (C=O) groups excluding carboxylic acids is 1. The van der Waals surface area contributed by atoms with E-state index in [1.54, 1.807) is 20.1 Å². The number of fused-ring (bicyclic) bond motifs is 1. The van der Waals surface area contributed by atoms with Crippen molar-refractivity contribution in [1.29, 1.82) is 0 Å². The minimum atomic E-state index is 0.0223. The third-order valence-electron chi connectivity index (χ3n) is 4.71. The summed E-state index contributed by atoms with van der Waals surface area (Å²) in [6.07, 6.45) is 0.581. The second-order valence-corrected chi connectivity index (χ2v) is 7.57. The van der Waals surface area contributed by atoms with E-state index >= 15 is 0 Å². The van der Waals surface area contributed by atoms with Crippen LogP contribution in [0, 0.1) is 0 Å². The Balaban J connectivity index is 1.49. The van der Waals surface area contributed by atoms with Crippen LogP contribution in [0.3, 0.4) is 0 Å². The second kappa shape index (κ2) is 8.49. The summed E-state index contributed by atoms with van der Waals surface area (Å²) in [6, 6.07) is 19.9. The normalized spacial score (nSPS) is 11.0. The molecule has 0 atom stereocenters. The van der Waals surface area contributed by atoms with Gasteiger partial charge in [-0.05, 0) is 41.5 Å². The van der Waals surface area contributed by atoms with Crippen LogP contribution < -0.4 is 4.74 Å². The highest BCUT2D eigenvalue weighted by molar-refractivity contribution is 7.98. The van der Waals surface area contributed by atoms with Gasteiger partial charge in [-0.3, -0.25) is 4.79 Å². The molecule has 4 aromatic rings. The molecule has 6 heteroatoms. The topological polar surface area (TPSA) is 65.2 Å². The number of ether oxygens (including phenoxy) is 1. The molecule has 0 spiro atoms. The van der Waals surface area contributed by atoms with Crippen molar-refractivity contribution >= 4 is 28.3 Å². The summed E-state index contributed by atoms with van der Waals surface area (Å²) >= 11 is 1.43. The second-order valence-electron chi connectivity index (χ2n) is 6.65. The van der Waals surface area contributed by atoms with E-state index in [0.717, 1.165) is 16.9 Å². The van der Waals surface area contributed by atoms with Gasteiger partial charge in [0.1, 0.15) is 5.75 Å². The zero-order valence-corrected chi connectivity index (χ0v) is 17.0. The molecule has 5 nitrogen and oxygen atoms in total. The van der Waals surface area contributed by atoms with Crippen LogP contribution in [0.4, 0.5) is 0 Å². The molecular formula is C23H20N2O3S. The van der Waals surface area contributed by atoms with Gasteiger partial charge in [0.05, 0.1) is 13.5 Å². The third-order valence-corrected chi connectivity index (χ3v) is 5.58. The zero-order valence-electron chi connectivity index (χ0n) is 16.2. The van der Waals surface area contributed by atoms with Gasteiger partial charge in [-0.2, -0.15) is 0 Å². The molecule has 3 aromatic carbocycles. The molecule has 0 saturated carbocycles. The first-order chi connectivity index (χ1) is 14.1. The number of ketones is 1. The minimum Gasteiger partial charge on any atom is -0.496 e. The Kier molecular flexibility index (Phi) is 5.62. The Morgan fingerprint density at radius 3 is 2.69 bits per heavy atom. The summed E-state index contributed by atoms with van der Waals surface area (Å²) in [4.78, 5) is 11.7. The van der Waals surface area contributed by atoms with Crippen molar-refractivity contribution in [1.82, 2.24) is 10.2 Å². The van der Waals surface area contributed by atoms with E-state index in [9.17, 15) is 4.79 Å². The first-order valence-electron chi connectivity index (χ1n) is 9.23. The number of nitrogens with zero attached hydrogens (tertiary/aromatic N) is 2. The molecule has 4 rings (SSSR count). The van der Waals surface area contributed by atoms with E-state index in [-0.39, 0.29) is 5.78 Å². The van der Waals surface area contributed by atoms with Crippen LogP contribution >= 0.6 is 11.8 Å². The average Bonchev–Trinajstić information content (AvgIpc) is 3.19. The number of rotatable bonds is 7. The Morgan fingerprint density at radius 2 is 1.86 bits per heavy atom. The van der Waals surface area contributed by atoms with Gasteiger partial charge in [0.25, 0.3) is 5.22 Å². The van der Waals surface area contributed by atoms with Crippen LogP contribution in [0.15, 0.2) is 70.3 Å². The van der Waals surface area contributed by atoms with E-state index in [1.165, 1.54) is 22.5 Å². The van der Waals surface area contributed by atoms with Crippen LogP contribution in [0.25, 0.3) is 10.8 Å². The summed E-state index contributed by atoms with van der Waals surface area (Å²) in [5.74, 6) is 1.90. The van der Waals surface area contributed by atoms with Crippen molar-refractivity contribution < 1.29 is 13.9 Å². The molecule has 1 aromatic heterocycles. The molecule has 29 heavy (non-hydrogen) atoms. The molecule has 0 unspecified atom stereocenters. The highest BCUT2D eigenvalue weighted by Gasteiger charge is 2.12. The zero-order chi connectivity index (χ0) is 20.2. The first-order valence-corrected chi connectivity index (χ1v) is 10.2. The molecule has 0 aliphatic carbocycles. The number of hydrogen-bond donors (Lipinski definition) is 0. The molecule has 0 fully saturated rings. The number of hydrogen-bond acceptors (Lipinski definition) is 6. The maximum Gasteiger partial charge on any atom is 0.276 e. The number of carbonyl (C=O) groups is 1. The Labute approximate surface area is 173 Å². The van der Waals surface area contributed by atoms with Crippen molar-refractivity contribution in [3.05, 3.63) is 83.2 Å². The maximum atomic E-state index is 11.7. The standard InChI is InChI=1S/C23H20N2O3S/c1-15(26)17-10-11-21(27-2)19(12-17)14-29-23-25-24-22(28-23)13-18-8-5-7-16-6-3-4-9-20(16)18/h3-12H,13-14H2,1-2H3. The minimum absolute atomic E-state index is 0.0223. The molecule has 0 aliphatic rings. The van der Waals surface area contributed by atoms with E-state index in [1.807, 2.05) is 30.3 Å². The van der Waals surface area contributed by atoms with E-state index in [2.05, 4.69) is 34.5 Å². The Hall–Kier alpha value is -3.12. The monoisotopic (exact) mass is 404 g/mol. The van der Waals surface area contributed by atoms with Gasteiger partial charge in [-0.25, -0.2) is 0 Å². The number of methoxy groups -OCH3 is 1. The quantitative estimate of drug-likeness (QED) is 0.307. The van der Waals surface area contributed by atoms with Gasteiger partial charge < -0.3 is 9.15 Å². The van der Waals surface area contributed by atoms with Crippen LogP contribution in [0.2, 0.25) is 0 Å². The summed E-state index contributed by atoms with van der Waals surface area (Å²) in [5.41, 5.74) is 2.72. The summed E-state index contributed by atoms with van der Waals surface area (Å²) in [6.45, 7) is 1.55. The molecule has 0 N–H and O–H groups in total. The number of Topliss-reactive ketones (excluding diaryl/α,β-unsaturated/α-hetero) is 1. The van der Waals surface area contributed by atoms with Crippen LogP contribution in [0.1, 0.15) is 34.3 Å². The van der Waals surface area contributed by atoms with Crippen LogP contribution in [-0.4, -0.2) is 23.1 Å². The van der Waals surface area contributed by atoms with Gasteiger partial charge in [0, 0.05) is 16.9 Å². The average molecular weight is 404 g/mol. The van der Waals surface area contributed by atoms with Gasteiger partial charge in [-0.15, -0.1) is 10.2 Å². The lowest BCUT2D eigenvalue weighted by molar-refractivity contribution is 0.101. The number of aromatic nitrogens is 2. The van der Waals surface area contributed by atoms with E-state index < -0.39 is 0 Å². The van der Waals surface area contributed by atoms with Crippen molar-refractivity contribution in [3.63, 3.8) is 0 Å². The molecule has 0 aliphatic heterocycles. The summed E-state index contributed by atoms with van der Waals surface area (Å²) in [7, 11) is 1.62. The molecule has 0 bridgehead atoms. The fourth-order valence-corrected chi connectivity index (χ4v) is 3.99. The summed E-state index contributed by atoms with van der Waals surface area (Å²) in [5, 5.41) is 11.2. The van der Waals surface area contributed by atoms with Crippen molar-refractivity contribution in [2.24, 2.45) is 0 Å². The molecule has 146 valence electrons.